The van der Waals surface area contributed by atoms with Gasteiger partial charge in [-0.15, -0.1) is 0 Å². The molecule has 80 valence electrons. The lowest BCUT2D eigenvalue weighted by atomic mass is 10.1. The third kappa shape index (κ3) is 1.77. The molecule has 0 bridgehead atoms. The Hall–Kier alpha value is -1.66. The molecule has 1 aromatic rings. The molecule has 2 atom stereocenters. The number of aliphatic hydroxyl groups excluding tert-OH is 1. The van der Waals surface area contributed by atoms with Crippen LogP contribution in [0.4, 0.5) is 5.82 Å². The number of anilines is 1. The van der Waals surface area contributed by atoms with Crippen molar-refractivity contribution in [3.8, 4) is 5.75 Å². The topological polar surface area (TPSA) is 97.5 Å². The van der Waals surface area contributed by atoms with Crippen molar-refractivity contribution < 1.29 is 14.6 Å². The molecule has 0 aromatic carbocycles. The fourth-order valence-corrected chi connectivity index (χ4v) is 1.34. The number of hydrogen-bond donors (Lipinski definition) is 3. The summed E-state index contributed by atoms with van der Waals surface area (Å²) in [5, 5.41) is 11.4. The lowest BCUT2D eigenvalue weighted by molar-refractivity contribution is -0.124. The van der Waals surface area contributed by atoms with E-state index >= 15 is 0 Å². The summed E-state index contributed by atoms with van der Waals surface area (Å²) >= 11 is 0. The first-order valence-electron chi connectivity index (χ1n) is 4.51. The van der Waals surface area contributed by atoms with E-state index in [1.807, 2.05) is 0 Å². The zero-order chi connectivity index (χ0) is 10.8. The number of carbonyl (C=O) groups excluding carboxylic acids is 1. The summed E-state index contributed by atoms with van der Waals surface area (Å²) < 4.78 is 5.34. The summed E-state index contributed by atoms with van der Waals surface area (Å²) in [6.07, 6.45) is 0.682. The summed E-state index contributed by atoms with van der Waals surface area (Å²) in [6, 6.07) is 2.63. The maximum absolute atomic E-state index is 11.5. The van der Waals surface area contributed by atoms with Crippen LogP contribution in [0.1, 0.15) is 0 Å². The number of nitrogens with two attached hydrogens (primary N) is 1. The van der Waals surface area contributed by atoms with Crippen molar-refractivity contribution in [1.82, 2.24) is 4.98 Å². The number of carbonyl (C=O) groups is 1. The number of nitrogens with one attached hydrogen (secondary N) is 1. The minimum Gasteiger partial charge on any atom is -0.475 e. The van der Waals surface area contributed by atoms with Crippen LogP contribution < -0.4 is 15.8 Å². The summed E-state index contributed by atoms with van der Waals surface area (Å²) in [4.78, 5) is 15.4. The van der Waals surface area contributed by atoms with Gasteiger partial charge in [0.2, 0.25) is 0 Å². The molecule has 1 aromatic heterocycles. The molecule has 1 aliphatic rings. The van der Waals surface area contributed by atoms with Crippen LogP contribution in [0.5, 0.6) is 5.75 Å². The Morgan fingerprint density at radius 1 is 1.73 bits per heavy atom. The van der Waals surface area contributed by atoms with Gasteiger partial charge >= 0.3 is 0 Å². The number of pyridine rings is 1. The van der Waals surface area contributed by atoms with Gasteiger partial charge in [0.05, 0.1) is 12.6 Å². The van der Waals surface area contributed by atoms with E-state index in [0.29, 0.717) is 11.6 Å². The van der Waals surface area contributed by atoms with Gasteiger partial charge in [0, 0.05) is 6.20 Å². The summed E-state index contributed by atoms with van der Waals surface area (Å²) in [7, 11) is 0. The van der Waals surface area contributed by atoms with Crippen LogP contribution in [0.25, 0.3) is 0 Å². The largest absolute Gasteiger partial charge is 0.475 e. The van der Waals surface area contributed by atoms with Crippen molar-refractivity contribution in [3.63, 3.8) is 0 Å². The first-order valence-corrected chi connectivity index (χ1v) is 4.51. The zero-order valence-electron chi connectivity index (χ0n) is 7.88. The van der Waals surface area contributed by atoms with Gasteiger partial charge in [-0.05, 0) is 12.1 Å². The lowest BCUT2D eigenvalue weighted by Crippen LogP contribution is -2.51. The first kappa shape index (κ1) is 9.88. The Balaban J connectivity index is 2.26. The third-order valence-electron chi connectivity index (χ3n) is 2.12. The molecule has 0 aliphatic carbocycles. The number of ether oxygens (including phenoxy) is 1. The van der Waals surface area contributed by atoms with E-state index in [-0.39, 0.29) is 12.5 Å². The normalized spacial score (nSPS) is 21.2. The van der Waals surface area contributed by atoms with E-state index in [9.17, 15) is 4.79 Å². The second-order valence-corrected chi connectivity index (χ2v) is 3.22. The van der Waals surface area contributed by atoms with Gasteiger partial charge in [-0.1, -0.05) is 0 Å². The average molecular weight is 209 g/mol. The van der Waals surface area contributed by atoms with Gasteiger partial charge in [0.15, 0.2) is 17.7 Å². The van der Waals surface area contributed by atoms with Gasteiger partial charge in [-0.2, -0.15) is 0 Å². The summed E-state index contributed by atoms with van der Waals surface area (Å²) in [6.45, 7) is -0.312. The number of hydrogen-bond acceptors (Lipinski definition) is 5. The van der Waals surface area contributed by atoms with E-state index in [1.54, 1.807) is 18.3 Å². The van der Waals surface area contributed by atoms with E-state index < -0.39 is 12.1 Å². The van der Waals surface area contributed by atoms with Gasteiger partial charge in [0.1, 0.15) is 0 Å². The predicted octanol–water partition coefficient (Wildman–Crippen LogP) is -0.899. The molecule has 0 fully saturated rings. The minimum absolute atomic E-state index is 0.312. The van der Waals surface area contributed by atoms with Crippen molar-refractivity contribution in [2.24, 2.45) is 5.73 Å². The Morgan fingerprint density at radius 3 is 3.27 bits per heavy atom. The molecular formula is C9H11N3O3. The molecule has 2 heterocycles. The predicted molar refractivity (Wildman–Crippen MR) is 52.3 cm³/mol. The lowest BCUT2D eigenvalue weighted by Gasteiger charge is -2.27. The van der Waals surface area contributed by atoms with Gasteiger partial charge in [-0.25, -0.2) is 4.98 Å². The van der Waals surface area contributed by atoms with Crippen LogP contribution in [-0.2, 0) is 4.79 Å². The minimum atomic E-state index is -0.869. The average Bonchev–Trinajstić information content (AvgIpc) is 2.27. The van der Waals surface area contributed by atoms with E-state index in [1.165, 1.54) is 0 Å². The number of aliphatic hydroxyl groups is 1. The number of rotatable bonds is 2. The van der Waals surface area contributed by atoms with Gasteiger partial charge in [0.25, 0.3) is 5.91 Å². The standard InChI is InChI=1S/C9H11N3O3/c10-5(4-13)7-9(14)12-8-6(15-7)2-1-3-11-8/h1-3,5,7,13H,4,10H2,(H,11,12,14). The Labute approximate surface area is 86.1 Å². The maximum Gasteiger partial charge on any atom is 0.268 e. The molecular weight excluding hydrogens is 198 g/mol. The van der Waals surface area contributed by atoms with Crippen LogP contribution in [0.3, 0.4) is 0 Å². The summed E-state index contributed by atoms with van der Waals surface area (Å²) in [5.74, 6) is 0.456. The smallest absolute Gasteiger partial charge is 0.268 e. The molecule has 4 N–H and O–H groups in total. The molecule has 6 heteroatoms. The molecule has 2 unspecified atom stereocenters. The van der Waals surface area contributed by atoms with E-state index in [2.05, 4.69) is 10.3 Å². The number of fused-ring (bicyclic) bond motifs is 1. The Kier molecular flexibility index (Phi) is 2.53. The van der Waals surface area contributed by atoms with Crippen molar-refractivity contribution in [2.75, 3.05) is 11.9 Å². The second kappa shape index (κ2) is 3.84. The monoisotopic (exact) mass is 209 g/mol. The van der Waals surface area contributed by atoms with Crippen molar-refractivity contribution >= 4 is 11.7 Å². The molecule has 6 nitrogen and oxygen atoms in total. The molecule has 0 radical (unpaired) electrons. The Bertz CT molecular complexity index is 383. The van der Waals surface area contributed by atoms with Crippen LogP contribution in [-0.4, -0.2) is 34.8 Å². The fraction of sp³-hybridized carbons (Fsp3) is 0.333. The maximum atomic E-state index is 11.5. The van der Waals surface area contributed by atoms with Gasteiger partial charge < -0.3 is 20.9 Å². The molecule has 0 saturated heterocycles. The highest BCUT2D eigenvalue weighted by molar-refractivity contribution is 5.97. The van der Waals surface area contributed by atoms with Crippen LogP contribution in [0.2, 0.25) is 0 Å². The molecule has 0 saturated carbocycles. The molecule has 1 amide bonds. The second-order valence-electron chi connectivity index (χ2n) is 3.22. The van der Waals surface area contributed by atoms with E-state index in [0.717, 1.165) is 0 Å². The molecule has 1 aliphatic heterocycles. The van der Waals surface area contributed by atoms with Crippen LogP contribution >= 0.6 is 0 Å². The number of nitrogens with zero attached hydrogens (tertiary/aromatic N) is 1. The van der Waals surface area contributed by atoms with E-state index in [4.69, 9.17) is 15.6 Å². The highest BCUT2D eigenvalue weighted by atomic mass is 16.5. The number of aromatic nitrogens is 1. The van der Waals surface area contributed by atoms with Crippen molar-refractivity contribution in [2.45, 2.75) is 12.1 Å². The molecule has 0 spiro atoms. The van der Waals surface area contributed by atoms with Crippen molar-refractivity contribution in [3.05, 3.63) is 18.3 Å². The fourth-order valence-electron chi connectivity index (χ4n) is 1.34. The zero-order valence-corrected chi connectivity index (χ0v) is 7.88. The quantitative estimate of drug-likeness (QED) is 0.586. The highest BCUT2D eigenvalue weighted by Crippen LogP contribution is 2.26. The van der Waals surface area contributed by atoms with Crippen LogP contribution in [0, 0.1) is 0 Å². The van der Waals surface area contributed by atoms with Gasteiger partial charge in [-0.3, -0.25) is 4.79 Å². The number of amides is 1. The molecule has 2 rings (SSSR count). The SMILES string of the molecule is NC(CO)C1Oc2cccnc2NC1=O. The first-order chi connectivity index (χ1) is 7.22. The van der Waals surface area contributed by atoms with Crippen LogP contribution in [0.15, 0.2) is 18.3 Å². The Morgan fingerprint density at radius 2 is 2.53 bits per heavy atom. The molecule has 15 heavy (non-hydrogen) atoms. The third-order valence-corrected chi connectivity index (χ3v) is 2.12. The summed E-state index contributed by atoms with van der Waals surface area (Å²) in [5.41, 5.74) is 5.54. The highest BCUT2D eigenvalue weighted by Gasteiger charge is 2.32. The van der Waals surface area contributed by atoms with Crippen molar-refractivity contribution in [1.29, 1.82) is 0 Å².